The van der Waals surface area contributed by atoms with Crippen LogP contribution in [0.1, 0.15) is 0 Å². The minimum absolute atomic E-state index is 1.10. The predicted octanol–water partition coefficient (Wildman–Crippen LogP) is 20.5. The van der Waals surface area contributed by atoms with Crippen molar-refractivity contribution in [2.45, 2.75) is 0 Å². The SMILES string of the molecule is c1ccc(-c2ccccc2N(c2ccc(-c3ccc4ccc5c(-c6ccc(N(c7ccccc7-c7ccccc7)c7cccc8ccccc78)cc6)ccc6ccc3c4c65)cc2)c2cccc3ccccc23)cc1. The van der Waals surface area contributed by atoms with Gasteiger partial charge >= 0.3 is 0 Å². The Morgan fingerprint density at radius 3 is 0.959 bits per heavy atom. The number of benzene rings is 14. The Bertz CT molecular complexity index is 4060. The molecule has 0 radical (unpaired) electrons. The Kier molecular flexibility index (Phi) is 10.6. The third kappa shape index (κ3) is 7.35. The monoisotopic (exact) mass is 940 g/mol. The molecule has 0 aliphatic rings. The van der Waals surface area contributed by atoms with Gasteiger partial charge in [0.2, 0.25) is 0 Å². The van der Waals surface area contributed by atoms with Gasteiger partial charge in [-0.3, -0.25) is 0 Å². The van der Waals surface area contributed by atoms with Crippen LogP contribution in [0.15, 0.2) is 291 Å². The molecule has 2 nitrogen and oxygen atoms in total. The number of hydrogen-bond acceptors (Lipinski definition) is 2. The average molecular weight is 941 g/mol. The van der Waals surface area contributed by atoms with E-state index in [2.05, 4.69) is 301 Å². The molecule has 74 heavy (non-hydrogen) atoms. The lowest BCUT2D eigenvalue weighted by Gasteiger charge is -2.29. The third-order valence-electron chi connectivity index (χ3n) is 15.0. The van der Waals surface area contributed by atoms with Crippen LogP contribution >= 0.6 is 0 Å². The van der Waals surface area contributed by atoms with Crippen molar-refractivity contribution in [3.05, 3.63) is 291 Å². The van der Waals surface area contributed by atoms with E-state index in [0.29, 0.717) is 0 Å². The van der Waals surface area contributed by atoms with Crippen LogP contribution in [0.5, 0.6) is 0 Å². The summed E-state index contributed by atoms with van der Waals surface area (Å²) >= 11 is 0. The summed E-state index contributed by atoms with van der Waals surface area (Å²) in [6.45, 7) is 0. The molecule has 14 aromatic rings. The summed E-state index contributed by atoms with van der Waals surface area (Å²) in [6, 6.07) is 106. The Hall–Kier alpha value is -9.76. The number of nitrogens with zero attached hydrogens (tertiary/aromatic N) is 2. The van der Waals surface area contributed by atoms with Crippen LogP contribution in [0.4, 0.5) is 34.1 Å². The van der Waals surface area contributed by atoms with Crippen molar-refractivity contribution in [3.63, 3.8) is 0 Å². The molecule has 0 aromatic heterocycles. The fraction of sp³-hybridized carbons (Fsp3) is 0. The molecule has 0 N–H and O–H groups in total. The summed E-state index contributed by atoms with van der Waals surface area (Å²) in [5.41, 5.74) is 16.3. The molecule has 0 unspecified atom stereocenters. The van der Waals surface area contributed by atoms with E-state index in [0.717, 1.165) is 34.1 Å². The van der Waals surface area contributed by atoms with Crippen molar-refractivity contribution in [3.8, 4) is 44.5 Å². The number of fused-ring (bicyclic) bond motifs is 2. The van der Waals surface area contributed by atoms with Crippen molar-refractivity contribution in [2.24, 2.45) is 0 Å². The van der Waals surface area contributed by atoms with Gasteiger partial charge in [0.1, 0.15) is 0 Å². The molecule has 14 aromatic carbocycles. The van der Waals surface area contributed by atoms with Crippen LogP contribution in [0.3, 0.4) is 0 Å². The van der Waals surface area contributed by atoms with Crippen LogP contribution in [-0.4, -0.2) is 0 Å². The summed E-state index contributed by atoms with van der Waals surface area (Å²) in [7, 11) is 0. The quantitative estimate of drug-likeness (QED) is 0.126. The maximum absolute atomic E-state index is 2.43. The van der Waals surface area contributed by atoms with Crippen molar-refractivity contribution in [1.82, 2.24) is 0 Å². The fourth-order valence-corrected chi connectivity index (χ4v) is 11.6. The summed E-state index contributed by atoms with van der Waals surface area (Å²) in [5.74, 6) is 0. The minimum atomic E-state index is 1.10. The van der Waals surface area contributed by atoms with Crippen LogP contribution < -0.4 is 9.80 Å². The Labute approximate surface area is 431 Å². The Balaban J connectivity index is 0.867. The lowest BCUT2D eigenvalue weighted by Crippen LogP contribution is -2.11. The van der Waals surface area contributed by atoms with Gasteiger partial charge in [-0.15, -0.1) is 0 Å². The van der Waals surface area contributed by atoms with Crippen LogP contribution in [0, 0.1) is 0 Å². The molecule has 0 spiro atoms. The molecular weight excluding hydrogens is 893 g/mol. The second-order valence-electron chi connectivity index (χ2n) is 19.2. The van der Waals surface area contributed by atoms with Crippen molar-refractivity contribution in [2.75, 3.05) is 9.80 Å². The van der Waals surface area contributed by atoms with Crippen molar-refractivity contribution >= 4 is 88.0 Å². The smallest absolute Gasteiger partial charge is 0.0540 e. The first-order valence-electron chi connectivity index (χ1n) is 25.5. The van der Waals surface area contributed by atoms with E-state index in [1.807, 2.05) is 0 Å². The summed E-state index contributed by atoms with van der Waals surface area (Å²) in [4.78, 5) is 4.86. The zero-order chi connectivity index (χ0) is 49.0. The standard InChI is InChI=1S/C72H48N2/c1-3-17-49(18-4-1)61-27-11-13-29-67(61)73(69-31-15-23-51-21-7-9-25-63(51)69)57-41-33-53(34-42-57)59-45-37-55-40-48-66-60(46-38-56-39-47-65(59)71(55)72(56)66)54-35-43-58(44-36-54)74(70-32-16-24-52-22-8-10-26-64(52)70)68-30-14-12-28-62(68)50-19-5-2-6-20-50/h1-48H. The zero-order valence-corrected chi connectivity index (χ0v) is 40.6. The molecule has 0 atom stereocenters. The van der Waals surface area contributed by atoms with Crippen LogP contribution in [0.2, 0.25) is 0 Å². The maximum Gasteiger partial charge on any atom is 0.0540 e. The normalized spacial score (nSPS) is 11.5. The molecule has 0 aliphatic heterocycles. The molecular formula is C72H48N2. The van der Waals surface area contributed by atoms with Gasteiger partial charge in [-0.05, 0) is 125 Å². The number of rotatable bonds is 10. The molecule has 0 amide bonds. The third-order valence-corrected chi connectivity index (χ3v) is 15.0. The number of anilines is 6. The van der Waals surface area contributed by atoms with E-state index < -0.39 is 0 Å². The molecule has 0 aliphatic carbocycles. The van der Waals surface area contributed by atoms with E-state index in [4.69, 9.17) is 0 Å². The fourth-order valence-electron chi connectivity index (χ4n) is 11.6. The molecule has 0 fully saturated rings. The van der Waals surface area contributed by atoms with Gasteiger partial charge in [0.05, 0.1) is 22.7 Å². The molecule has 0 heterocycles. The Morgan fingerprint density at radius 2 is 0.514 bits per heavy atom. The van der Waals surface area contributed by atoms with Crippen molar-refractivity contribution < 1.29 is 0 Å². The number of para-hydroxylation sites is 2. The summed E-state index contributed by atoms with van der Waals surface area (Å²) in [6.07, 6.45) is 0. The highest BCUT2D eigenvalue weighted by Gasteiger charge is 2.22. The van der Waals surface area contributed by atoms with Gasteiger partial charge in [0.25, 0.3) is 0 Å². The molecule has 14 rings (SSSR count). The number of hydrogen-bond donors (Lipinski definition) is 0. The van der Waals surface area contributed by atoms with Crippen LogP contribution in [-0.2, 0) is 0 Å². The minimum Gasteiger partial charge on any atom is -0.309 e. The second-order valence-corrected chi connectivity index (χ2v) is 19.2. The van der Waals surface area contributed by atoms with Gasteiger partial charge in [-0.25, -0.2) is 0 Å². The van der Waals surface area contributed by atoms with Crippen LogP contribution in [0.25, 0.3) is 98.4 Å². The van der Waals surface area contributed by atoms with E-state index in [9.17, 15) is 0 Å². The molecule has 0 bridgehead atoms. The summed E-state index contributed by atoms with van der Waals surface area (Å²) in [5, 5.41) is 12.4. The first-order valence-corrected chi connectivity index (χ1v) is 25.5. The first kappa shape index (κ1) is 43.1. The lowest BCUT2D eigenvalue weighted by atomic mass is 9.87. The molecule has 2 heteroatoms. The largest absolute Gasteiger partial charge is 0.309 e. The Morgan fingerprint density at radius 1 is 0.176 bits per heavy atom. The van der Waals surface area contributed by atoms with Gasteiger partial charge in [-0.1, -0.05) is 243 Å². The maximum atomic E-state index is 2.43. The predicted molar refractivity (Wildman–Crippen MR) is 316 cm³/mol. The highest BCUT2D eigenvalue weighted by molar-refractivity contribution is 6.27. The van der Waals surface area contributed by atoms with E-state index >= 15 is 0 Å². The highest BCUT2D eigenvalue weighted by Crippen LogP contribution is 2.48. The molecule has 346 valence electrons. The average Bonchev–Trinajstić information content (AvgIpc) is 3.49. The zero-order valence-electron chi connectivity index (χ0n) is 40.6. The van der Waals surface area contributed by atoms with Gasteiger partial charge in [0.15, 0.2) is 0 Å². The van der Waals surface area contributed by atoms with Crippen molar-refractivity contribution in [1.29, 1.82) is 0 Å². The molecule has 0 saturated heterocycles. The lowest BCUT2D eigenvalue weighted by molar-refractivity contribution is 1.30. The van der Waals surface area contributed by atoms with Gasteiger partial charge in [-0.2, -0.15) is 0 Å². The van der Waals surface area contributed by atoms with Gasteiger partial charge in [0, 0.05) is 33.3 Å². The van der Waals surface area contributed by atoms with E-state index in [-0.39, 0.29) is 0 Å². The van der Waals surface area contributed by atoms with Gasteiger partial charge < -0.3 is 9.80 Å². The second kappa shape index (κ2) is 18.1. The van der Waals surface area contributed by atoms with E-state index in [1.54, 1.807) is 0 Å². The topological polar surface area (TPSA) is 6.48 Å². The van der Waals surface area contributed by atoms with E-state index in [1.165, 1.54) is 98.4 Å². The molecule has 0 saturated carbocycles. The first-order chi connectivity index (χ1) is 36.7. The highest BCUT2D eigenvalue weighted by atomic mass is 15.2. The summed E-state index contributed by atoms with van der Waals surface area (Å²) < 4.78 is 0.